The molecule has 0 atom stereocenters. The third-order valence-electron chi connectivity index (χ3n) is 8.61. The highest BCUT2D eigenvalue weighted by Crippen LogP contribution is 2.42. The Kier molecular flexibility index (Phi) is 6.79. The molecule has 1 aliphatic carbocycles. The van der Waals surface area contributed by atoms with Crippen LogP contribution in [0, 0.1) is 0 Å². The number of piperazine rings is 1. The zero-order valence-electron chi connectivity index (χ0n) is 23.4. The molecule has 210 valence electrons. The van der Waals surface area contributed by atoms with Crippen LogP contribution in [0.15, 0.2) is 30.5 Å². The second kappa shape index (κ2) is 10.3. The van der Waals surface area contributed by atoms with Gasteiger partial charge in [0.2, 0.25) is 5.95 Å². The number of H-pyrrole nitrogens is 1. The topological polar surface area (TPSA) is 136 Å². The van der Waals surface area contributed by atoms with Gasteiger partial charge in [-0.1, -0.05) is 13.8 Å². The van der Waals surface area contributed by atoms with Crippen LogP contribution in [0.3, 0.4) is 0 Å². The quantitative estimate of drug-likeness (QED) is 0.456. The fourth-order valence-corrected chi connectivity index (χ4v) is 6.35. The summed E-state index contributed by atoms with van der Waals surface area (Å²) in [7, 11) is 2.17. The van der Waals surface area contributed by atoms with Gasteiger partial charge in [0, 0.05) is 68.3 Å². The van der Waals surface area contributed by atoms with Crippen molar-refractivity contribution in [3.8, 4) is 11.4 Å². The molecule has 3 aromatic rings. The minimum absolute atomic E-state index is 0.0408. The molecule has 4 heterocycles. The SMILES string of the molecule is CN1CCN(C2CCN(C(=O)c3ccc(NC(=O)c4[nH]nc5c4C(C)(C)Cc4cnc(N)nc4-5)cc3)CC2)CC1. The highest BCUT2D eigenvalue weighted by Gasteiger charge is 2.38. The number of hydrogen-bond donors (Lipinski definition) is 3. The predicted octanol–water partition coefficient (Wildman–Crippen LogP) is 2.39. The van der Waals surface area contributed by atoms with Gasteiger partial charge in [0.25, 0.3) is 11.8 Å². The lowest BCUT2D eigenvalue weighted by molar-refractivity contribution is 0.0518. The Balaban J connectivity index is 1.10. The van der Waals surface area contributed by atoms with E-state index in [1.165, 1.54) is 0 Å². The van der Waals surface area contributed by atoms with E-state index in [2.05, 4.69) is 56.2 Å². The zero-order valence-corrected chi connectivity index (χ0v) is 23.4. The largest absolute Gasteiger partial charge is 0.368 e. The van der Waals surface area contributed by atoms with Crippen LogP contribution in [0.2, 0.25) is 0 Å². The number of nitrogens with zero attached hydrogens (tertiary/aromatic N) is 6. The standard InChI is InChI=1S/C29H37N9O2/c1-29(2)16-19-17-31-28(30)33-23(19)24-22(29)25(35-34-24)26(39)32-20-6-4-18(5-7-20)27(40)38-10-8-21(9-11-38)37-14-12-36(3)13-15-37/h4-7,17,21H,8-16H2,1-3H3,(H,32,39)(H,34,35)(H2,30,31,33). The molecule has 11 nitrogen and oxygen atoms in total. The second-order valence-corrected chi connectivity index (χ2v) is 11.9. The van der Waals surface area contributed by atoms with Crippen molar-refractivity contribution in [2.24, 2.45) is 0 Å². The number of benzene rings is 1. The van der Waals surface area contributed by atoms with Crippen LogP contribution in [-0.4, -0.2) is 99.0 Å². The normalized spacial score (nSPS) is 19.6. The predicted molar refractivity (Wildman–Crippen MR) is 153 cm³/mol. The Labute approximate surface area is 234 Å². The van der Waals surface area contributed by atoms with Gasteiger partial charge in [-0.15, -0.1) is 0 Å². The first kappa shape index (κ1) is 26.4. The molecule has 2 aromatic heterocycles. The van der Waals surface area contributed by atoms with E-state index >= 15 is 0 Å². The molecule has 2 amide bonds. The number of hydrogen-bond acceptors (Lipinski definition) is 8. The van der Waals surface area contributed by atoms with Gasteiger partial charge < -0.3 is 20.9 Å². The van der Waals surface area contributed by atoms with Gasteiger partial charge in [-0.05, 0) is 61.6 Å². The minimum atomic E-state index is -0.352. The Bertz CT molecular complexity index is 1420. The first-order chi connectivity index (χ1) is 19.2. The average molecular weight is 544 g/mol. The monoisotopic (exact) mass is 543 g/mol. The average Bonchev–Trinajstić information content (AvgIpc) is 3.41. The number of amides is 2. The van der Waals surface area contributed by atoms with Crippen molar-refractivity contribution in [1.82, 2.24) is 34.9 Å². The van der Waals surface area contributed by atoms with E-state index in [1.54, 1.807) is 30.5 Å². The van der Waals surface area contributed by atoms with Gasteiger partial charge in [-0.25, -0.2) is 9.97 Å². The molecule has 3 aliphatic rings. The van der Waals surface area contributed by atoms with Crippen LogP contribution in [0.4, 0.5) is 11.6 Å². The van der Waals surface area contributed by atoms with Crippen molar-refractivity contribution >= 4 is 23.5 Å². The number of nitrogen functional groups attached to an aromatic ring is 1. The lowest BCUT2D eigenvalue weighted by Crippen LogP contribution is -2.52. The van der Waals surface area contributed by atoms with E-state index in [9.17, 15) is 9.59 Å². The summed E-state index contributed by atoms with van der Waals surface area (Å²) in [4.78, 5) is 41.9. The molecule has 0 bridgehead atoms. The number of anilines is 2. The van der Waals surface area contributed by atoms with E-state index in [4.69, 9.17) is 5.73 Å². The van der Waals surface area contributed by atoms with Crippen LogP contribution in [0.25, 0.3) is 11.4 Å². The Hall–Kier alpha value is -3.83. The van der Waals surface area contributed by atoms with Gasteiger partial charge in [0.05, 0.1) is 5.69 Å². The van der Waals surface area contributed by atoms with Crippen LogP contribution in [-0.2, 0) is 11.8 Å². The molecule has 2 fully saturated rings. The number of likely N-dealkylation sites (N-methyl/N-ethyl adjacent to an activating group) is 1. The maximum atomic E-state index is 13.3. The number of piperidine rings is 1. The lowest BCUT2D eigenvalue weighted by Gasteiger charge is -2.42. The van der Waals surface area contributed by atoms with E-state index in [1.807, 2.05) is 4.90 Å². The van der Waals surface area contributed by atoms with E-state index in [0.717, 1.165) is 63.2 Å². The minimum Gasteiger partial charge on any atom is -0.368 e. The maximum Gasteiger partial charge on any atom is 0.273 e. The summed E-state index contributed by atoms with van der Waals surface area (Å²) in [6.45, 7) is 10.1. The fourth-order valence-electron chi connectivity index (χ4n) is 6.35. The zero-order chi connectivity index (χ0) is 28.0. The van der Waals surface area contributed by atoms with Crippen molar-refractivity contribution in [2.75, 3.05) is 57.4 Å². The van der Waals surface area contributed by atoms with Crippen LogP contribution < -0.4 is 11.1 Å². The smallest absolute Gasteiger partial charge is 0.273 e. The van der Waals surface area contributed by atoms with Crippen LogP contribution in [0.1, 0.15) is 58.7 Å². The number of nitrogens with one attached hydrogen (secondary N) is 2. The molecule has 2 saturated heterocycles. The summed E-state index contributed by atoms with van der Waals surface area (Å²) in [5.74, 6) is -0.0798. The molecule has 0 saturated carbocycles. The van der Waals surface area contributed by atoms with Crippen LogP contribution >= 0.6 is 0 Å². The number of rotatable bonds is 4. The molecule has 1 aromatic carbocycles. The highest BCUT2D eigenvalue weighted by atomic mass is 16.2. The molecule has 0 radical (unpaired) electrons. The van der Waals surface area contributed by atoms with Crippen LogP contribution in [0.5, 0.6) is 0 Å². The van der Waals surface area contributed by atoms with Crippen molar-refractivity contribution < 1.29 is 9.59 Å². The molecular weight excluding hydrogens is 506 g/mol. The summed E-state index contributed by atoms with van der Waals surface area (Å²) < 4.78 is 0. The van der Waals surface area contributed by atoms with E-state index < -0.39 is 0 Å². The Morgan fingerprint density at radius 2 is 1.73 bits per heavy atom. The third kappa shape index (κ3) is 4.95. The van der Waals surface area contributed by atoms with Gasteiger partial charge in [-0.3, -0.25) is 19.6 Å². The molecule has 6 rings (SSSR count). The lowest BCUT2D eigenvalue weighted by atomic mass is 9.73. The highest BCUT2D eigenvalue weighted by molar-refractivity contribution is 6.05. The third-order valence-corrected chi connectivity index (χ3v) is 8.61. The van der Waals surface area contributed by atoms with E-state index in [0.29, 0.717) is 40.8 Å². The maximum absolute atomic E-state index is 13.3. The first-order valence-corrected chi connectivity index (χ1v) is 14.0. The van der Waals surface area contributed by atoms with E-state index in [-0.39, 0.29) is 23.2 Å². The van der Waals surface area contributed by atoms with Crippen molar-refractivity contribution in [3.63, 3.8) is 0 Å². The number of nitrogens with two attached hydrogens (primary N) is 1. The number of aromatic nitrogens is 4. The summed E-state index contributed by atoms with van der Waals surface area (Å²) in [6.07, 6.45) is 4.42. The van der Waals surface area contributed by atoms with Gasteiger partial charge in [-0.2, -0.15) is 5.10 Å². The Morgan fingerprint density at radius 1 is 1.02 bits per heavy atom. The molecular formula is C29H37N9O2. The number of carbonyl (C=O) groups is 2. The van der Waals surface area contributed by atoms with Gasteiger partial charge in [0.1, 0.15) is 11.4 Å². The fraction of sp³-hybridized carbons (Fsp3) is 0.483. The van der Waals surface area contributed by atoms with Gasteiger partial charge in [0.15, 0.2) is 0 Å². The van der Waals surface area contributed by atoms with Crippen molar-refractivity contribution in [3.05, 3.63) is 52.8 Å². The van der Waals surface area contributed by atoms with Crippen molar-refractivity contribution in [2.45, 2.75) is 44.6 Å². The number of likely N-dealkylation sites (tertiary alicyclic amines) is 1. The molecule has 0 unspecified atom stereocenters. The number of aromatic amines is 1. The molecule has 0 spiro atoms. The molecule has 40 heavy (non-hydrogen) atoms. The molecule has 11 heteroatoms. The second-order valence-electron chi connectivity index (χ2n) is 11.9. The summed E-state index contributed by atoms with van der Waals surface area (Å²) in [5, 5.41) is 10.3. The number of carbonyl (C=O) groups excluding carboxylic acids is 2. The van der Waals surface area contributed by atoms with Crippen molar-refractivity contribution in [1.29, 1.82) is 0 Å². The summed E-state index contributed by atoms with van der Waals surface area (Å²) in [5.41, 5.74) is 10.2. The Morgan fingerprint density at radius 3 is 2.42 bits per heavy atom. The molecule has 2 aliphatic heterocycles. The summed E-state index contributed by atoms with van der Waals surface area (Å²) in [6, 6.07) is 7.69. The number of fused-ring (bicyclic) bond motifs is 3. The molecule has 4 N–H and O–H groups in total. The van der Waals surface area contributed by atoms with Gasteiger partial charge >= 0.3 is 0 Å². The summed E-state index contributed by atoms with van der Waals surface area (Å²) >= 11 is 0. The first-order valence-electron chi connectivity index (χ1n) is 14.0.